The number of nitrogens with one attached hydrogen (secondary N) is 1. The van der Waals surface area contributed by atoms with E-state index in [9.17, 15) is 9.18 Å². The van der Waals surface area contributed by atoms with E-state index in [1.54, 1.807) is 13.0 Å². The van der Waals surface area contributed by atoms with Crippen molar-refractivity contribution < 1.29 is 13.9 Å². The van der Waals surface area contributed by atoms with Gasteiger partial charge in [-0.15, -0.1) is 11.3 Å². The molecule has 2 aromatic rings. The summed E-state index contributed by atoms with van der Waals surface area (Å²) in [6, 6.07) is 4.12. The van der Waals surface area contributed by atoms with Crippen LogP contribution in [0.25, 0.3) is 0 Å². The lowest BCUT2D eigenvalue weighted by molar-refractivity contribution is 0.0527. The number of benzene rings is 1. The van der Waals surface area contributed by atoms with Gasteiger partial charge in [0.05, 0.1) is 23.5 Å². The van der Waals surface area contributed by atoms with Gasteiger partial charge in [0.15, 0.2) is 0 Å². The number of halogens is 1. The number of hydrogen-bond acceptors (Lipinski definition) is 5. The molecule has 0 unspecified atom stereocenters. The van der Waals surface area contributed by atoms with Gasteiger partial charge >= 0.3 is 5.97 Å². The fraction of sp³-hybridized carbons (Fsp3) is 0.312. The molecule has 22 heavy (non-hydrogen) atoms. The Hall–Kier alpha value is -2.08. The minimum atomic E-state index is -0.398. The Morgan fingerprint density at radius 2 is 2.14 bits per heavy atom. The van der Waals surface area contributed by atoms with Crippen molar-refractivity contribution in [2.45, 2.75) is 27.2 Å². The number of nitrogen functional groups attached to an aromatic ring is 1. The van der Waals surface area contributed by atoms with Crippen LogP contribution in [0.3, 0.4) is 0 Å². The van der Waals surface area contributed by atoms with E-state index in [2.05, 4.69) is 5.32 Å². The highest BCUT2D eigenvalue weighted by molar-refractivity contribution is 7.16. The highest BCUT2D eigenvalue weighted by atomic mass is 32.1. The average Bonchev–Trinajstić information content (AvgIpc) is 2.78. The first-order valence-electron chi connectivity index (χ1n) is 7.09. The Bertz CT molecular complexity index is 698. The first-order chi connectivity index (χ1) is 10.5. The highest BCUT2D eigenvalue weighted by Gasteiger charge is 2.22. The molecule has 0 atom stereocenters. The van der Waals surface area contributed by atoms with E-state index in [4.69, 9.17) is 10.5 Å². The first-order valence-corrected chi connectivity index (χ1v) is 7.91. The molecule has 0 bridgehead atoms. The molecule has 2 rings (SSSR count). The van der Waals surface area contributed by atoms with Crippen LogP contribution in [0.15, 0.2) is 18.2 Å². The van der Waals surface area contributed by atoms with Crippen LogP contribution >= 0.6 is 11.3 Å². The summed E-state index contributed by atoms with van der Waals surface area (Å²) in [5, 5.41) is 3.80. The molecule has 118 valence electrons. The quantitative estimate of drug-likeness (QED) is 0.637. The minimum absolute atomic E-state index is 0.291. The number of carbonyl (C=O) groups is 1. The molecule has 0 saturated carbocycles. The molecular formula is C16H19FN2O2S. The number of nitrogens with two attached hydrogens (primary N) is 1. The van der Waals surface area contributed by atoms with Crippen LogP contribution in [0.5, 0.6) is 0 Å². The second-order valence-electron chi connectivity index (χ2n) is 4.78. The lowest BCUT2D eigenvalue weighted by atomic mass is 10.1. The van der Waals surface area contributed by atoms with Gasteiger partial charge in [0.1, 0.15) is 10.8 Å². The van der Waals surface area contributed by atoms with E-state index < -0.39 is 5.82 Å². The normalized spacial score (nSPS) is 10.5. The van der Waals surface area contributed by atoms with Crippen molar-refractivity contribution in [1.82, 2.24) is 0 Å². The Kier molecular flexibility index (Phi) is 5.03. The van der Waals surface area contributed by atoms with Crippen molar-refractivity contribution in [1.29, 1.82) is 0 Å². The molecule has 1 aromatic heterocycles. The highest BCUT2D eigenvalue weighted by Crippen LogP contribution is 2.37. The van der Waals surface area contributed by atoms with Crippen molar-refractivity contribution in [3.05, 3.63) is 40.0 Å². The van der Waals surface area contributed by atoms with Gasteiger partial charge in [-0.3, -0.25) is 0 Å². The lowest BCUT2D eigenvalue weighted by Gasteiger charge is -2.10. The largest absolute Gasteiger partial charge is 0.462 e. The van der Waals surface area contributed by atoms with Gasteiger partial charge in [0, 0.05) is 4.88 Å². The number of rotatable bonds is 5. The third kappa shape index (κ3) is 3.22. The summed E-state index contributed by atoms with van der Waals surface area (Å²) in [6.07, 6.45) is 0.823. The van der Waals surface area contributed by atoms with Gasteiger partial charge in [0.2, 0.25) is 0 Å². The summed E-state index contributed by atoms with van der Waals surface area (Å²) >= 11 is 1.49. The topological polar surface area (TPSA) is 64.3 Å². The smallest absolute Gasteiger partial charge is 0.341 e. The van der Waals surface area contributed by atoms with Crippen molar-refractivity contribution in [2.75, 3.05) is 17.7 Å². The van der Waals surface area contributed by atoms with Gasteiger partial charge in [-0.1, -0.05) is 6.92 Å². The molecule has 0 aliphatic carbocycles. The van der Waals surface area contributed by atoms with Crippen LogP contribution in [0, 0.1) is 12.7 Å². The van der Waals surface area contributed by atoms with Crippen LogP contribution < -0.4 is 11.1 Å². The molecule has 0 spiro atoms. The maximum atomic E-state index is 13.1. The molecule has 0 aliphatic rings. The zero-order valence-corrected chi connectivity index (χ0v) is 13.6. The molecule has 3 N–H and O–H groups in total. The van der Waals surface area contributed by atoms with E-state index in [0.29, 0.717) is 28.5 Å². The van der Waals surface area contributed by atoms with Gasteiger partial charge in [-0.05, 0) is 44.0 Å². The number of ether oxygens (including phenoxy) is 1. The van der Waals surface area contributed by atoms with Gasteiger partial charge in [-0.25, -0.2) is 9.18 Å². The van der Waals surface area contributed by atoms with E-state index in [-0.39, 0.29) is 5.97 Å². The molecule has 1 aromatic carbocycles. The maximum Gasteiger partial charge on any atom is 0.341 e. The third-order valence-corrected chi connectivity index (χ3v) is 4.66. The Balaban J connectivity index is 2.43. The van der Waals surface area contributed by atoms with E-state index in [1.165, 1.54) is 23.5 Å². The predicted molar refractivity (Wildman–Crippen MR) is 88.5 cm³/mol. The van der Waals surface area contributed by atoms with Crippen LogP contribution in [-0.4, -0.2) is 12.6 Å². The van der Waals surface area contributed by atoms with E-state index in [0.717, 1.165) is 16.9 Å². The summed E-state index contributed by atoms with van der Waals surface area (Å²) in [4.78, 5) is 13.3. The van der Waals surface area contributed by atoms with Crippen LogP contribution in [0.4, 0.5) is 20.8 Å². The number of thiophene rings is 1. The van der Waals surface area contributed by atoms with Crippen molar-refractivity contribution in [2.24, 2.45) is 0 Å². The molecule has 4 nitrogen and oxygen atoms in total. The standard InChI is InChI=1S/C16H19FN2O2S/c1-4-13-9(3)14(16(20)21-5-2)15(22-13)19-12-7-6-10(17)8-11(12)18/h6-8,19H,4-5,18H2,1-3H3. The molecule has 0 saturated heterocycles. The molecule has 0 aliphatic heterocycles. The Morgan fingerprint density at radius 3 is 2.73 bits per heavy atom. The van der Waals surface area contributed by atoms with Crippen molar-refractivity contribution in [3.8, 4) is 0 Å². The van der Waals surface area contributed by atoms with Gasteiger partial charge in [-0.2, -0.15) is 0 Å². The summed E-state index contributed by atoms with van der Waals surface area (Å²) in [5.74, 6) is -0.760. The van der Waals surface area contributed by atoms with E-state index >= 15 is 0 Å². The van der Waals surface area contributed by atoms with E-state index in [1.807, 2.05) is 13.8 Å². The monoisotopic (exact) mass is 322 g/mol. The number of esters is 1. The molecular weight excluding hydrogens is 303 g/mol. The molecule has 0 amide bonds. The number of carbonyl (C=O) groups excluding carboxylic acids is 1. The van der Waals surface area contributed by atoms with Crippen molar-refractivity contribution >= 4 is 33.7 Å². The second-order valence-corrected chi connectivity index (χ2v) is 5.89. The Labute approximate surface area is 133 Å². The average molecular weight is 322 g/mol. The summed E-state index contributed by atoms with van der Waals surface area (Å²) < 4.78 is 18.3. The molecule has 0 radical (unpaired) electrons. The zero-order valence-electron chi connectivity index (χ0n) is 12.8. The SMILES string of the molecule is CCOC(=O)c1c(Nc2ccc(F)cc2N)sc(CC)c1C. The summed E-state index contributed by atoms with van der Waals surface area (Å²) in [7, 11) is 0. The van der Waals surface area contributed by atoms with Crippen LogP contribution in [-0.2, 0) is 11.2 Å². The van der Waals surface area contributed by atoms with Crippen LogP contribution in [0.2, 0.25) is 0 Å². The molecule has 1 heterocycles. The van der Waals surface area contributed by atoms with Crippen LogP contribution in [0.1, 0.15) is 34.6 Å². The fourth-order valence-electron chi connectivity index (χ4n) is 2.20. The zero-order chi connectivity index (χ0) is 16.3. The lowest BCUT2D eigenvalue weighted by Crippen LogP contribution is -2.08. The summed E-state index contributed by atoms with van der Waals surface area (Å²) in [6.45, 7) is 6.02. The number of anilines is 3. The number of aryl methyl sites for hydroxylation is 1. The first kappa shape index (κ1) is 16.3. The van der Waals surface area contributed by atoms with Crippen molar-refractivity contribution in [3.63, 3.8) is 0 Å². The fourth-order valence-corrected chi connectivity index (χ4v) is 3.35. The number of hydrogen-bond donors (Lipinski definition) is 2. The second kappa shape index (κ2) is 6.79. The van der Waals surface area contributed by atoms with Gasteiger partial charge < -0.3 is 15.8 Å². The maximum absolute atomic E-state index is 13.1. The van der Waals surface area contributed by atoms with Gasteiger partial charge in [0.25, 0.3) is 0 Å². The Morgan fingerprint density at radius 1 is 1.41 bits per heavy atom. The molecule has 0 fully saturated rings. The third-order valence-electron chi connectivity index (χ3n) is 3.31. The predicted octanol–water partition coefficient (Wildman–Crippen LogP) is 4.26. The molecule has 6 heteroatoms. The minimum Gasteiger partial charge on any atom is -0.462 e. The summed E-state index contributed by atoms with van der Waals surface area (Å²) in [5.41, 5.74) is 8.11.